The van der Waals surface area contributed by atoms with Crippen LogP contribution in [0.4, 0.5) is 0 Å². The van der Waals surface area contributed by atoms with Gasteiger partial charge in [0.1, 0.15) is 17.4 Å². The van der Waals surface area contributed by atoms with E-state index in [0.717, 1.165) is 0 Å². The van der Waals surface area contributed by atoms with Crippen molar-refractivity contribution in [3.8, 4) is 5.75 Å². The number of amides is 1. The molecular formula is C22H24N2O8. The minimum atomic E-state index is -2.95. The van der Waals surface area contributed by atoms with Gasteiger partial charge in [0.25, 0.3) is 0 Å². The average Bonchev–Trinajstić information content (AvgIpc) is 2.70. The van der Waals surface area contributed by atoms with Crippen molar-refractivity contribution in [1.82, 2.24) is 4.90 Å². The van der Waals surface area contributed by atoms with Gasteiger partial charge in [-0.25, -0.2) is 0 Å². The molecule has 7 atom stereocenters. The van der Waals surface area contributed by atoms with Crippen molar-refractivity contribution in [2.75, 3.05) is 14.1 Å². The first kappa shape index (κ1) is 22.2. The van der Waals surface area contributed by atoms with Gasteiger partial charge in [0, 0.05) is 17.9 Å². The molecule has 0 saturated heterocycles. The third-order valence-electron chi connectivity index (χ3n) is 6.97. The normalized spacial score (nSPS) is 36.6. The number of aliphatic hydroxyl groups is 4. The minimum Gasteiger partial charge on any atom is -0.507 e. The van der Waals surface area contributed by atoms with Crippen LogP contribution in [0.15, 0.2) is 30.4 Å². The monoisotopic (exact) mass is 444 g/mol. The van der Waals surface area contributed by atoms with Gasteiger partial charge in [-0.1, -0.05) is 18.7 Å². The number of hydrogen-bond acceptors (Lipinski definition) is 9. The number of nitrogens with two attached hydrogens (primary N) is 1. The number of nitrogens with zero attached hydrogens (tertiary/aromatic N) is 1. The number of phenols is 1. The molecule has 0 spiro atoms. The van der Waals surface area contributed by atoms with E-state index in [1.807, 2.05) is 0 Å². The number of fused-ring (bicyclic) bond motifs is 3. The molecule has 1 aromatic carbocycles. The van der Waals surface area contributed by atoms with E-state index < -0.39 is 70.4 Å². The van der Waals surface area contributed by atoms with Crippen molar-refractivity contribution < 1.29 is 39.9 Å². The number of ketones is 2. The smallest absolute Gasteiger partial charge is 0.230 e. The molecular weight excluding hydrogens is 420 g/mol. The highest BCUT2D eigenvalue weighted by Crippen LogP contribution is 2.55. The zero-order chi connectivity index (χ0) is 23.9. The maximum atomic E-state index is 13.6. The quantitative estimate of drug-likeness (QED) is 0.298. The van der Waals surface area contributed by atoms with Crippen LogP contribution in [0.5, 0.6) is 5.75 Å². The van der Waals surface area contributed by atoms with Gasteiger partial charge in [-0.05, 0) is 31.3 Å². The molecule has 4 rings (SSSR count). The molecule has 0 aliphatic heterocycles. The van der Waals surface area contributed by atoms with Crippen molar-refractivity contribution in [3.63, 3.8) is 0 Å². The van der Waals surface area contributed by atoms with Crippen LogP contribution < -0.4 is 5.73 Å². The largest absolute Gasteiger partial charge is 0.507 e. The highest BCUT2D eigenvalue weighted by molar-refractivity contribution is 6.26. The van der Waals surface area contributed by atoms with Gasteiger partial charge in [-0.2, -0.15) is 0 Å². The van der Waals surface area contributed by atoms with Crippen LogP contribution in [0.2, 0.25) is 0 Å². The summed E-state index contributed by atoms with van der Waals surface area (Å²) in [6.07, 6.45) is -3.35. The predicted octanol–water partition coefficient (Wildman–Crippen LogP) is -1.43. The summed E-state index contributed by atoms with van der Waals surface area (Å²) in [6, 6.07) is 3.10. The third kappa shape index (κ3) is 2.51. The van der Waals surface area contributed by atoms with E-state index in [0.29, 0.717) is 0 Å². The number of aromatic hydroxyl groups is 1. The third-order valence-corrected chi connectivity index (χ3v) is 6.97. The van der Waals surface area contributed by atoms with Crippen LogP contribution >= 0.6 is 0 Å². The molecule has 0 aromatic heterocycles. The fraction of sp³-hybridized carbons (Fsp3) is 0.409. The summed E-state index contributed by atoms with van der Waals surface area (Å²) in [4.78, 5) is 40.2. The van der Waals surface area contributed by atoms with Crippen LogP contribution in [0.25, 0.3) is 11.3 Å². The van der Waals surface area contributed by atoms with Crippen molar-refractivity contribution >= 4 is 28.8 Å². The molecule has 1 aromatic rings. The summed E-state index contributed by atoms with van der Waals surface area (Å²) in [6.45, 7) is 3.93. The first-order chi connectivity index (χ1) is 14.9. The highest BCUT2D eigenvalue weighted by Gasteiger charge is 2.70. The summed E-state index contributed by atoms with van der Waals surface area (Å²) in [5.74, 6) is -9.59. The van der Waals surface area contributed by atoms with Gasteiger partial charge in [-0.15, -0.1) is 0 Å². The van der Waals surface area contributed by atoms with E-state index in [-0.39, 0.29) is 22.4 Å². The van der Waals surface area contributed by atoms with Crippen LogP contribution in [0.1, 0.15) is 11.1 Å². The number of carbonyl (C=O) groups excluding carboxylic acids is 3. The number of phenolic OH excluding ortho intramolecular Hbond substituents is 1. The predicted molar refractivity (Wildman–Crippen MR) is 111 cm³/mol. The zero-order valence-corrected chi connectivity index (χ0v) is 17.4. The van der Waals surface area contributed by atoms with E-state index >= 15 is 0 Å². The Morgan fingerprint density at radius 1 is 1.16 bits per heavy atom. The van der Waals surface area contributed by atoms with Crippen molar-refractivity contribution in [2.24, 2.45) is 23.5 Å². The van der Waals surface area contributed by atoms with Crippen LogP contribution in [0, 0.1) is 17.8 Å². The summed E-state index contributed by atoms with van der Waals surface area (Å²) >= 11 is 0. The molecule has 10 heteroatoms. The fourth-order valence-corrected chi connectivity index (χ4v) is 5.57. The van der Waals surface area contributed by atoms with Crippen molar-refractivity contribution in [3.05, 3.63) is 41.5 Å². The SMILES string of the molecule is C=C1c2cccc(O)c2C(O)=C2C(=O)[C@]3(O)C(=O)C(C(N)=O)C(O)C(N(C)C)C3[C@@H](O)C12. The molecule has 7 N–H and O–H groups in total. The molecule has 3 aliphatic rings. The Morgan fingerprint density at radius 2 is 1.78 bits per heavy atom. The van der Waals surface area contributed by atoms with Gasteiger partial charge >= 0.3 is 0 Å². The molecule has 2 saturated carbocycles. The number of likely N-dealkylation sites (N-methyl/N-ethyl adjacent to an activating group) is 1. The molecule has 0 heterocycles. The maximum Gasteiger partial charge on any atom is 0.230 e. The topological polar surface area (TPSA) is 182 Å². The lowest BCUT2D eigenvalue weighted by atomic mass is 9.52. The van der Waals surface area contributed by atoms with Gasteiger partial charge in [0.05, 0.1) is 23.3 Å². The summed E-state index contributed by atoms with van der Waals surface area (Å²) < 4.78 is 0. The molecule has 1 amide bonds. The average molecular weight is 444 g/mol. The van der Waals surface area contributed by atoms with Gasteiger partial charge in [0.2, 0.25) is 11.7 Å². The number of rotatable bonds is 2. The molecule has 10 nitrogen and oxygen atoms in total. The lowest BCUT2D eigenvalue weighted by Gasteiger charge is -2.55. The molecule has 32 heavy (non-hydrogen) atoms. The fourth-order valence-electron chi connectivity index (χ4n) is 5.57. The number of Topliss-reactive ketones (excluding diaryl/α,β-unsaturated/α-hetero) is 2. The Morgan fingerprint density at radius 3 is 2.34 bits per heavy atom. The van der Waals surface area contributed by atoms with Gasteiger partial charge in [0.15, 0.2) is 11.4 Å². The Labute approximate surface area is 182 Å². The van der Waals surface area contributed by atoms with Crippen LogP contribution in [-0.4, -0.2) is 85.9 Å². The number of primary amides is 1. The van der Waals surface area contributed by atoms with E-state index in [9.17, 15) is 39.9 Å². The molecule has 2 fully saturated rings. The van der Waals surface area contributed by atoms with E-state index in [1.54, 1.807) is 0 Å². The molecule has 5 unspecified atom stereocenters. The first-order valence-corrected chi connectivity index (χ1v) is 9.95. The van der Waals surface area contributed by atoms with E-state index in [1.165, 1.54) is 37.2 Å². The highest BCUT2D eigenvalue weighted by atomic mass is 16.3. The summed E-state index contributed by atoms with van der Waals surface area (Å²) in [5.41, 5.74) is 2.20. The molecule has 170 valence electrons. The summed E-state index contributed by atoms with van der Waals surface area (Å²) in [5, 5.41) is 54.8. The Bertz CT molecular complexity index is 1110. The van der Waals surface area contributed by atoms with E-state index in [4.69, 9.17) is 5.73 Å². The Balaban J connectivity index is 2.02. The second kappa shape index (κ2) is 6.97. The Kier molecular flexibility index (Phi) is 4.83. The molecule has 0 bridgehead atoms. The van der Waals surface area contributed by atoms with Crippen LogP contribution in [-0.2, 0) is 14.4 Å². The van der Waals surface area contributed by atoms with E-state index in [2.05, 4.69) is 6.58 Å². The lowest BCUT2D eigenvalue weighted by molar-refractivity contribution is -0.196. The summed E-state index contributed by atoms with van der Waals surface area (Å²) in [7, 11) is 2.98. The molecule has 0 radical (unpaired) electrons. The number of benzene rings is 1. The number of carbonyl (C=O) groups is 3. The number of aliphatic hydroxyl groups excluding tert-OH is 3. The standard InChI is InChI=1S/C22H24N2O8/c1-7-8-5-4-6-9(25)11(8)16(26)12-10(7)17(27)14-15(24(2)3)18(28)13(21(23)31)20(30)22(14,32)19(12)29/h4-6,10,13-15,17-18,25-28,32H,1H2,2-3H3,(H2,23,31)/t10?,13?,14?,15?,17-,18?,22-/m0/s1. The zero-order valence-electron chi connectivity index (χ0n) is 17.4. The van der Waals surface area contributed by atoms with Gasteiger partial charge < -0.3 is 36.2 Å². The van der Waals surface area contributed by atoms with Gasteiger partial charge in [-0.3, -0.25) is 14.4 Å². The second-order valence-corrected chi connectivity index (χ2v) is 8.77. The second-order valence-electron chi connectivity index (χ2n) is 8.77. The Hall–Kier alpha value is -3.05. The minimum absolute atomic E-state index is 0.120. The first-order valence-electron chi connectivity index (χ1n) is 9.95. The van der Waals surface area contributed by atoms with Crippen molar-refractivity contribution in [1.29, 1.82) is 0 Å². The number of hydrogen-bond donors (Lipinski definition) is 6. The van der Waals surface area contributed by atoms with Crippen molar-refractivity contribution in [2.45, 2.75) is 23.9 Å². The lowest BCUT2D eigenvalue weighted by Crippen LogP contribution is -2.76. The van der Waals surface area contributed by atoms with Crippen LogP contribution in [0.3, 0.4) is 0 Å². The molecule has 3 aliphatic carbocycles. The maximum absolute atomic E-state index is 13.6.